The van der Waals surface area contributed by atoms with Crippen LogP contribution in [-0.4, -0.2) is 58.9 Å². The van der Waals surface area contributed by atoms with Crippen molar-refractivity contribution in [2.75, 3.05) is 43.9 Å². The molecular weight excluding hydrogens is 551 g/mol. The second-order valence-corrected chi connectivity index (χ2v) is 11.2. The van der Waals surface area contributed by atoms with Crippen LogP contribution in [0.3, 0.4) is 0 Å². The number of anilines is 3. The molecule has 8 heteroatoms. The van der Waals surface area contributed by atoms with Gasteiger partial charge in [-0.1, -0.05) is 48.5 Å². The number of hydrogen-bond donors (Lipinski definition) is 2. The van der Waals surface area contributed by atoms with Crippen molar-refractivity contribution in [3.63, 3.8) is 0 Å². The maximum absolute atomic E-state index is 13.6. The van der Waals surface area contributed by atoms with Crippen LogP contribution in [0.2, 0.25) is 0 Å². The lowest BCUT2D eigenvalue weighted by Gasteiger charge is -2.32. The van der Waals surface area contributed by atoms with E-state index < -0.39 is 0 Å². The zero-order chi connectivity index (χ0) is 30.5. The number of halogens is 1. The Hall–Kier alpha value is -4.92. The van der Waals surface area contributed by atoms with Crippen molar-refractivity contribution in [2.45, 2.75) is 13.5 Å². The van der Waals surface area contributed by atoms with E-state index in [0.717, 1.165) is 60.8 Å². The smallest absolute Gasteiger partial charge is 0.255 e. The summed E-state index contributed by atoms with van der Waals surface area (Å²) < 4.78 is 13.6. The summed E-state index contributed by atoms with van der Waals surface area (Å²) in [5.41, 5.74) is 7.31. The SMILES string of the molecule is Cc1ccc(NC(=O)c2ccc(CN3CCN(C)CC3)cc2)cc1Nc1nc(-c2ccccc2)cc(-c2ccc(F)cc2)n1. The number of piperazine rings is 1. The lowest BCUT2D eigenvalue weighted by atomic mass is 10.1. The van der Waals surface area contributed by atoms with E-state index in [2.05, 4.69) is 27.5 Å². The highest BCUT2D eigenvalue weighted by molar-refractivity contribution is 6.04. The number of hydrogen-bond acceptors (Lipinski definition) is 6. The van der Waals surface area contributed by atoms with Crippen molar-refractivity contribution in [3.05, 3.63) is 126 Å². The van der Waals surface area contributed by atoms with E-state index in [9.17, 15) is 9.18 Å². The molecule has 222 valence electrons. The third-order valence-electron chi connectivity index (χ3n) is 7.90. The molecule has 2 N–H and O–H groups in total. The molecule has 0 radical (unpaired) electrons. The largest absolute Gasteiger partial charge is 0.324 e. The van der Waals surface area contributed by atoms with Gasteiger partial charge in [0.15, 0.2) is 0 Å². The number of nitrogens with one attached hydrogen (secondary N) is 2. The van der Waals surface area contributed by atoms with Crippen molar-refractivity contribution in [1.29, 1.82) is 0 Å². The average Bonchev–Trinajstić information content (AvgIpc) is 3.05. The van der Waals surface area contributed by atoms with Crippen molar-refractivity contribution < 1.29 is 9.18 Å². The number of amides is 1. The van der Waals surface area contributed by atoms with E-state index in [-0.39, 0.29) is 11.7 Å². The first-order valence-corrected chi connectivity index (χ1v) is 14.8. The molecule has 44 heavy (non-hydrogen) atoms. The maximum atomic E-state index is 13.6. The predicted octanol–water partition coefficient (Wildman–Crippen LogP) is 7.00. The van der Waals surface area contributed by atoms with Gasteiger partial charge in [0.1, 0.15) is 5.82 Å². The summed E-state index contributed by atoms with van der Waals surface area (Å²) in [7, 11) is 2.15. The summed E-state index contributed by atoms with van der Waals surface area (Å²) >= 11 is 0. The van der Waals surface area contributed by atoms with Crippen LogP contribution in [0.1, 0.15) is 21.5 Å². The van der Waals surface area contributed by atoms with E-state index >= 15 is 0 Å². The Labute approximate surface area is 257 Å². The molecule has 1 aliphatic heterocycles. The monoisotopic (exact) mass is 586 g/mol. The zero-order valence-corrected chi connectivity index (χ0v) is 24.9. The number of carbonyl (C=O) groups excluding carboxylic acids is 1. The van der Waals surface area contributed by atoms with Crippen LogP contribution in [0, 0.1) is 12.7 Å². The minimum absolute atomic E-state index is 0.174. The van der Waals surface area contributed by atoms with Crippen molar-refractivity contribution in [3.8, 4) is 22.5 Å². The second-order valence-electron chi connectivity index (χ2n) is 11.2. The van der Waals surface area contributed by atoms with Gasteiger partial charge >= 0.3 is 0 Å². The minimum atomic E-state index is -0.305. The zero-order valence-electron chi connectivity index (χ0n) is 24.9. The first-order valence-electron chi connectivity index (χ1n) is 14.8. The molecule has 0 saturated carbocycles. The summed E-state index contributed by atoms with van der Waals surface area (Å²) in [5, 5.41) is 6.38. The topological polar surface area (TPSA) is 73.4 Å². The number of rotatable bonds is 8. The van der Waals surface area contributed by atoms with Gasteiger partial charge in [0, 0.05) is 60.8 Å². The average molecular weight is 587 g/mol. The lowest BCUT2D eigenvalue weighted by Crippen LogP contribution is -2.43. The molecule has 1 aromatic heterocycles. The third-order valence-corrected chi connectivity index (χ3v) is 7.90. The van der Waals surface area contributed by atoms with E-state index in [1.54, 1.807) is 12.1 Å². The number of nitrogens with zero attached hydrogens (tertiary/aromatic N) is 4. The molecular formula is C36H35FN6O. The standard InChI is InChI=1S/C36H35FN6O/c1-25-8-17-31(38-35(44)29-11-9-26(10-12-29)24-43-20-18-42(2)19-21-43)22-32(25)39-36-40-33(27-6-4-3-5-7-27)23-34(41-36)28-13-15-30(37)16-14-28/h3-17,22-23H,18-21,24H2,1-2H3,(H,38,44)(H,39,40,41). The molecule has 1 fully saturated rings. The lowest BCUT2D eigenvalue weighted by molar-refractivity contribution is 0.102. The fraction of sp³-hybridized carbons (Fsp3) is 0.194. The highest BCUT2D eigenvalue weighted by Crippen LogP contribution is 2.29. The quantitative estimate of drug-likeness (QED) is 0.204. The number of aromatic nitrogens is 2. The Kier molecular flexibility index (Phi) is 8.72. The molecule has 0 atom stereocenters. The Balaban J connectivity index is 1.19. The molecule has 1 aliphatic rings. The van der Waals surface area contributed by atoms with Crippen LogP contribution in [0.15, 0.2) is 103 Å². The molecule has 1 amide bonds. The minimum Gasteiger partial charge on any atom is -0.324 e. The molecule has 2 heterocycles. The van der Waals surface area contributed by atoms with E-state index in [1.165, 1.54) is 17.7 Å². The summed E-state index contributed by atoms with van der Waals surface area (Å²) in [6, 6.07) is 31.5. The first-order chi connectivity index (χ1) is 21.4. The van der Waals surface area contributed by atoms with Crippen LogP contribution in [-0.2, 0) is 6.54 Å². The van der Waals surface area contributed by atoms with Crippen molar-refractivity contribution in [2.24, 2.45) is 0 Å². The predicted molar refractivity (Wildman–Crippen MR) is 174 cm³/mol. The molecule has 1 saturated heterocycles. The Morgan fingerprint density at radius 3 is 2.14 bits per heavy atom. The third kappa shape index (κ3) is 7.16. The second kappa shape index (κ2) is 13.2. The van der Waals surface area contributed by atoms with Gasteiger partial charge in [-0.3, -0.25) is 9.69 Å². The summed E-state index contributed by atoms with van der Waals surface area (Å²) in [5.74, 6) is -0.0828. The highest BCUT2D eigenvalue weighted by Gasteiger charge is 2.15. The molecule has 0 unspecified atom stereocenters. The van der Waals surface area contributed by atoms with E-state index in [1.807, 2.05) is 85.8 Å². The molecule has 0 bridgehead atoms. The van der Waals surface area contributed by atoms with Gasteiger partial charge in [-0.25, -0.2) is 14.4 Å². The fourth-order valence-corrected chi connectivity index (χ4v) is 5.21. The van der Waals surface area contributed by atoms with Gasteiger partial charge in [-0.05, 0) is 79.7 Å². The van der Waals surface area contributed by atoms with Gasteiger partial charge in [0.2, 0.25) is 5.95 Å². The summed E-state index contributed by atoms with van der Waals surface area (Å²) in [6.45, 7) is 7.13. The number of likely N-dealkylation sites (N-methyl/N-ethyl adjacent to an activating group) is 1. The Morgan fingerprint density at radius 1 is 0.795 bits per heavy atom. The number of carbonyl (C=O) groups is 1. The van der Waals surface area contributed by atoms with E-state index in [4.69, 9.17) is 9.97 Å². The van der Waals surface area contributed by atoms with Gasteiger partial charge in [-0.15, -0.1) is 0 Å². The molecule has 4 aromatic carbocycles. The molecule has 0 spiro atoms. The fourth-order valence-electron chi connectivity index (χ4n) is 5.21. The van der Waals surface area contributed by atoms with Crippen LogP contribution in [0.5, 0.6) is 0 Å². The summed E-state index contributed by atoms with van der Waals surface area (Å²) in [6.07, 6.45) is 0. The molecule has 7 nitrogen and oxygen atoms in total. The number of benzene rings is 4. The van der Waals surface area contributed by atoms with Crippen LogP contribution in [0.25, 0.3) is 22.5 Å². The normalized spacial score (nSPS) is 13.9. The first kappa shape index (κ1) is 29.2. The van der Waals surface area contributed by atoms with Crippen molar-refractivity contribution >= 4 is 23.2 Å². The van der Waals surface area contributed by atoms with Gasteiger partial charge in [-0.2, -0.15) is 0 Å². The van der Waals surface area contributed by atoms with Crippen LogP contribution < -0.4 is 10.6 Å². The highest BCUT2D eigenvalue weighted by atomic mass is 19.1. The molecule has 6 rings (SSSR count). The summed E-state index contributed by atoms with van der Waals surface area (Å²) in [4.78, 5) is 27.5. The van der Waals surface area contributed by atoms with Crippen LogP contribution in [0.4, 0.5) is 21.7 Å². The maximum Gasteiger partial charge on any atom is 0.255 e. The Morgan fingerprint density at radius 2 is 1.45 bits per heavy atom. The Bertz CT molecular complexity index is 1730. The molecule has 5 aromatic rings. The number of aryl methyl sites for hydroxylation is 1. The van der Waals surface area contributed by atoms with Crippen molar-refractivity contribution in [1.82, 2.24) is 19.8 Å². The van der Waals surface area contributed by atoms with Gasteiger partial charge in [0.05, 0.1) is 11.4 Å². The van der Waals surface area contributed by atoms with E-state index in [0.29, 0.717) is 22.9 Å². The van der Waals surface area contributed by atoms with Gasteiger partial charge in [0.25, 0.3) is 5.91 Å². The molecule has 0 aliphatic carbocycles. The van der Waals surface area contributed by atoms with Crippen LogP contribution >= 0.6 is 0 Å². The van der Waals surface area contributed by atoms with Gasteiger partial charge < -0.3 is 15.5 Å².